The van der Waals surface area contributed by atoms with Crippen molar-refractivity contribution in [1.29, 1.82) is 0 Å². The van der Waals surface area contributed by atoms with Crippen molar-refractivity contribution in [3.8, 4) is 5.75 Å². The van der Waals surface area contributed by atoms with Gasteiger partial charge in [0.15, 0.2) is 0 Å². The van der Waals surface area contributed by atoms with Gasteiger partial charge in [0.1, 0.15) is 5.75 Å². The van der Waals surface area contributed by atoms with Gasteiger partial charge >= 0.3 is 0 Å². The van der Waals surface area contributed by atoms with Crippen LogP contribution in [0.1, 0.15) is 42.1 Å². The van der Waals surface area contributed by atoms with E-state index in [0.717, 1.165) is 37.1 Å². The van der Waals surface area contributed by atoms with Crippen molar-refractivity contribution in [3.63, 3.8) is 0 Å². The molecule has 20 heavy (non-hydrogen) atoms. The molecular formula is C16H24N2O2. The summed E-state index contributed by atoms with van der Waals surface area (Å²) in [4.78, 5) is 14.6. The van der Waals surface area contributed by atoms with E-state index in [0.29, 0.717) is 5.56 Å². The fourth-order valence-corrected chi connectivity index (χ4v) is 2.88. The van der Waals surface area contributed by atoms with Crippen molar-refractivity contribution >= 4 is 5.91 Å². The molecule has 0 aliphatic carbocycles. The van der Waals surface area contributed by atoms with Crippen LogP contribution < -0.4 is 10.5 Å². The topological polar surface area (TPSA) is 55.6 Å². The zero-order chi connectivity index (χ0) is 14.7. The van der Waals surface area contributed by atoms with Crippen LogP contribution in [0.25, 0.3) is 0 Å². The number of amides is 1. The Morgan fingerprint density at radius 2 is 2.20 bits per heavy atom. The lowest BCUT2D eigenvalue weighted by molar-refractivity contribution is 0.0583. The fourth-order valence-electron chi connectivity index (χ4n) is 2.88. The molecule has 1 saturated heterocycles. The van der Waals surface area contributed by atoms with E-state index in [2.05, 4.69) is 0 Å². The quantitative estimate of drug-likeness (QED) is 0.922. The number of aryl methyl sites for hydroxylation is 1. The molecule has 4 heteroatoms. The highest BCUT2D eigenvalue weighted by Crippen LogP contribution is 2.24. The molecule has 2 atom stereocenters. The molecule has 2 rings (SSSR count). The third-order valence-corrected chi connectivity index (χ3v) is 4.07. The molecule has 1 fully saturated rings. The first-order valence-electron chi connectivity index (χ1n) is 7.25. The number of nitrogens with zero attached hydrogens (tertiary/aromatic N) is 1. The van der Waals surface area contributed by atoms with Gasteiger partial charge < -0.3 is 15.4 Å². The smallest absolute Gasteiger partial charge is 0.254 e. The molecule has 1 aliphatic rings. The molecular weight excluding hydrogens is 252 g/mol. The van der Waals surface area contributed by atoms with Gasteiger partial charge in [0.25, 0.3) is 5.91 Å². The predicted octanol–water partition coefficient (Wildman–Crippen LogP) is 2.35. The van der Waals surface area contributed by atoms with Crippen molar-refractivity contribution in [3.05, 3.63) is 29.3 Å². The van der Waals surface area contributed by atoms with Crippen LogP contribution in [-0.2, 0) is 0 Å². The first kappa shape index (κ1) is 14.9. The van der Waals surface area contributed by atoms with Crippen LogP contribution in [0.4, 0.5) is 0 Å². The van der Waals surface area contributed by atoms with Gasteiger partial charge in [0, 0.05) is 24.2 Å². The predicted molar refractivity (Wildman–Crippen MR) is 80.1 cm³/mol. The van der Waals surface area contributed by atoms with Gasteiger partial charge in [-0.25, -0.2) is 0 Å². The number of ether oxygens (including phenoxy) is 1. The maximum Gasteiger partial charge on any atom is 0.254 e. The Morgan fingerprint density at radius 1 is 1.45 bits per heavy atom. The van der Waals surface area contributed by atoms with Crippen molar-refractivity contribution < 1.29 is 9.53 Å². The summed E-state index contributed by atoms with van der Waals surface area (Å²) in [7, 11) is 1.63. The van der Waals surface area contributed by atoms with Crippen LogP contribution in [0.2, 0.25) is 0 Å². The summed E-state index contributed by atoms with van der Waals surface area (Å²) in [6.45, 7) is 4.74. The van der Waals surface area contributed by atoms with E-state index < -0.39 is 0 Å². The summed E-state index contributed by atoms with van der Waals surface area (Å²) in [6.07, 6.45) is 3.19. The molecule has 1 aromatic rings. The second-order valence-corrected chi connectivity index (χ2v) is 5.61. The van der Waals surface area contributed by atoms with Crippen molar-refractivity contribution in [2.24, 2.45) is 5.73 Å². The average Bonchev–Trinajstić information content (AvgIpc) is 2.47. The zero-order valence-corrected chi connectivity index (χ0v) is 12.6. The molecule has 0 saturated carbocycles. The van der Waals surface area contributed by atoms with Gasteiger partial charge in [0.2, 0.25) is 0 Å². The summed E-state index contributed by atoms with van der Waals surface area (Å²) in [5.74, 6) is 0.815. The largest absolute Gasteiger partial charge is 0.496 e. The van der Waals surface area contributed by atoms with Crippen LogP contribution in [0.15, 0.2) is 18.2 Å². The summed E-state index contributed by atoms with van der Waals surface area (Å²) >= 11 is 0. The molecule has 0 bridgehead atoms. The lowest BCUT2D eigenvalue weighted by Gasteiger charge is -2.38. The Balaban J connectivity index is 2.25. The third-order valence-electron chi connectivity index (χ3n) is 4.07. The minimum atomic E-state index is 0.00611. The molecule has 0 aromatic heterocycles. The molecule has 1 amide bonds. The Bertz CT molecular complexity index is 485. The lowest BCUT2D eigenvalue weighted by atomic mass is 9.96. The highest BCUT2D eigenvalue weighted by Gasteiger charge is 2.29. The fraction of sp³-hybridized carbons (Fsp3) is 0.562. The Hall–Kier alpha value is -1.55. The van der Waals surface area contributed by atoms with Crippen LogP contribution in [-0.4, -0.2) is 36.5 Å². The van der Waals surface area contributed by atoms with Crippen LogP contribution >= 0.6 is 0 Å². The van der Waals surface area contributed by atoms with E-state index >= 15 is 0 Å². The Morgan fingerprint density at radius 3 is 2.85 bits per heavy atom. The van der Waals surface area contributed by atoms with Crippen LogP contribution in [0, 0.1) is 6.92 Å². The number of carbonyl (C=O) groups excluding carboxylic acids is 1. The van der Waals surface area contributed by atoms with E-state index in [4.69, 9.17) is 10.5 Å². The van der Waals surface area contributed by atoms with E-state index in [1.807, 2.05) is 36.9 Å². The number of carbonyl (C=O) groups is 1. The van der Waals surface area contributed by atoms with E-state index in [1.165, 1.54) is 0 Å². The molecule has 0 radical (unpaired) electrons. The Labute approximate surface area is 120 Å². The highest BCUT2D eigenvalue weighted by atomic mass is 16.5. The molecule has 2 unspecified atom stereocenters. The van der Waals surface area contributed by atoms with Gasteiger partial charge in [-0.15, -0.1) is 0 Å². The number of hydrogen-bond donors (Lipinski definition) is 1. The molecule has 0 spiro atoms. The molecule has 110 valence electrons. The van der Waals surface area contributed by atoms with E-state index in [9.17, 15) is 4.79 Å². The normalized spacial score (nSPS) is 20.6. The molecule has 4 nitrogen and oxygen atoms in total. The first-order chi connectivity index (χ1) is 9.54. The number of methoxy groups -OCH3 is 1. The number of rotatable bonds is 3. The molecule has 2 N–H and O–H groups in total. The van der Waals surface area contributed by atoms with Gasteiger partial charge in [-0.2, -0.15) is 0 Å². The second kappa shape index (κ2) is 6.27. The number of piperidine rings is 1. The molecule has 1 aromatic carbocycles. The standard InChI is InChI=1S/C16H24N2O2/c1-11-7-8-13(10-15(11)20-3)16(19)18-9-5-4-6-14(18)12(2)17/h7-8,10,12,14H,4-6,9,17H2,1-3H3. The summed E-state index contributed by atoms with van der Waals surface area (Å²) in [5, 5.41) is 0. The third kappa shape index (κ3) is 2.96. The number of benzene rings is 1. The zero-order valence-electron chi connectivity index (χ0n) is 12.6. The maximum atomic E-state index is 12.7. The van der Waals surface area contributed by atoms with Crippen molar-refractivity contribution in [2.75, 3.05) is 13.7 Å². The van der Waals surface area contributed by atoms with E-state index in [-0.39, 0.29) is 18.0 Å². The molecule has 1 aliphatic heterocycles. The van der Waals surface area contributed by atoms with Gasteiger partial charge in [-0.3, -0.25) is 4.79 Å². The van der Waals surface area contributed by atoms with Crippen molar-refractivity contribution in [1.82, 2.24) is 4.90 Å². The highest BCUT2D eigenvalue weighted by molar-refractivity contribution is 5.95. The van der Waals surface area contributed by atoms with Gasteiger partial charge in [0.05, 0.1) is 7.11 Å². The van der Waals surface area contributed by atoms with Gasteiger partial charge in [-0.05, 0) is 50.8 Å². The summed E-state index contributed by atoms with van der Waals surface area (Å²) in [6, 6.07) is 5.77. The van der Waals surface area contributed by atoms with Gasteiger partial charge in [-0.1, -0.05) is 6.07 Å². The maximum absolute atomic E-state index is 12.7. The lowest BCUT2D eigenvalue weighted by Crippen LogP contribution is -2.51. The number of likely N-dealkylation sites (tertiary alicyclic amines) is 1. The van der Waals surface area contributed by atoms with Crippen LogP contribution in [0.5, 0.6) is 5.75 Å². The number of hydrogen-bond acceptors (Lipinski definition) is 3. The first-order valence-corrected chi connectivity index (χ1v) is 7.25. The van der Waals surface area contributed by atoms with Crippen LogP contribution in [0.3, 0.4) is 0 Å². The SMILES string of the molecule is COc1cc(C(=O)N2CCCCC2C(C)N)ccc1C. The second-order valence-electron chi connectivity index (χ2n) is 5.61. The summed E-state index contributed by atoms with van der Waals surface area (Å²) in [5.41, 5.74) is 7.75. The average molecular weight is 276 g/mol. The van der Waals surface area contributed by atoms with E-state index in [1.54, 1.807) is 7.11 Å². The Kier molecular flexibility index (Phi) is 4.65. The molecule has 1 heterocycles. The number of nitrogens with two attached hydrogens (primary N) is 1. The monoisotopic (exact) mass is 276 g/mol. The van der Waals surface area contributed by atoms with Crippen molar-refractivity contribution in [2.45, 2.75) is 45.2 Å². The minimum absolute atomic E-state index is 0.00611. The summed E-state index contributed by atoms with van der Waals surface area (Å²) < 4.78 is 5.30. The minimum Gasteiger partial charge on any atom is -0.496 e.